The fraction of sp³-hybridized carbons (Fsp3) is 0.517. The minimum atomic E-state index is 0.555. The van der Waals surface area contributed by atoms with Gasteiger partial charge in [0.1, 0.15) is 0 Å². The molecule has 4 rings (SSSR count). The Balaban J connectivity index is 0.000000183. The topological polar surface area (TPSA) is 29.3 Å². The van der Waals surface area contributed by atoms with E-state index in [1.165, 1.54) is 50.0 Å². The zero-order chi connectivity index (χ0) is 23.1. The molecule has 1 fully saturated rings. The van der Waals surface area contributed by atoms with Gasteiger partial charge in [-0.25, -0.2) is 0 Å². The third-order valence-corrected chi connectivity index (χ3v) is 7.08. The number of hydrogen-bond donors (Lipinski definition) is 1. The third-order valence-electron chi connectivity index (χ3n) is 6.85. The van der Waals surface area contributed by atoms with Crippen LogP contribution < -0.4 is 5.73 Å². The minimum Gasteiger partial charge on any atom is -0.327 e. The first-order chi connectivity index (χ1) is 15.4. The molecule has 0 saturated heterocycles. The van der Waals surface area contributed by atoms with Gasteiger partial charge in [0, 0.05) is 31.2 Å². The average Bonchev–Trinajstić information content (AvgIpc) is 3.61. The maximum Gasteiger partial charge on any atom is 0.0412 e. The van der Waals surface area contributed by atoms with Gasteiger partial charge < -0.3 is 5.73 Å². The van der Waals surface area contributed by atoms with Gasteiger partial charge in [-0.15, -0.1) is 0 Å². The Morgan fingerprint density at radius 3 is 2.56 bits per heavy atom. The van der Waals surface area contributed by atoms with E-state index >= 15 is 0 Å². The first-order valence-electron chi connectivity index (χ1n) is 12.4. The Hall–Kier alpha value is -1.61. The van der Waals surface area contributed by atoms with Crippen molar-refractivity contribution in [2.75, 3.05) is 19.6 Å². The van der Waals surface area contributed by atoms with Gasteiger partial charge in [-0.05, 0) is 83.4 Å². The van der Waals surface area contributed by atoms with Crippen molar-refractivity contribution in [1.29, 1.82) is 0 Å². The van der Waals surface area contributed by atoms with Crippen molar-refractivity contribution in [2.24, 2.45) is 11.7 Å². The second kappa shape index (κ2) is 12.0. The highest BCUT2D eigenvalue weighted by atomic mass is 35.5. The number of rotatable bonds is 7. The van der Waals surface area contributed by atoms with Crippen LogP contribution in [0.5, 0.6) is 0 Å². The van der Waals surface area contributed by atoms with E-state index in [0.717, 1.165) is 17.4 Å². The van der Waals surface area contributed by atoms with E-state index in [-0.39, 0.29) is 0 Å². The van der Waals surface area contributed by atoms with Gasteiger partial charge in [-0.3, -0.25) is 4.90 Å². The van der Waals surface area contributed by atoms with Crippen LogP contribution in [0.4, 0.5) is 0 Å². The van der Waals surface area contributed by atoms with Crippen LogP contribution in [0.1, 0.15) is 86.6 Å². The summed E-state index contributed by atoms with van der Waals surface area (Å²) in [5.41, 5.74) is 12.8. The number of nitrogens with zero attached hydrogens (tertiary/aromatic N) is 1. The molecule has 2 aliphatic rings. The van der Waals surface area contributed by atoms with Gasteiger partial charge in [-0.2, -0.15) is 0 Å². The summed E-state index contributed by atoms with van der Waals surface area (Å²) in [5.74, 6) is 2.23. The first kappa shape index (κ1) is 25.0. The monoisotopic (exact) mass is 452 g/mol. The van der Waals surface area contributed by atoms with Crippen LogP contribution in [0, 0.1) is 5.92 Å². The van der Waals surface area contributed by atoms with Crippen molar-refractivity contribution in [3.05, 3.63) is 75.3 Å². The van der Waals surface area contributed by atoms with E-state index in [1.807, 2.05) is 24.3 Å². The molecule has 0 radical (unpaired) electrons. The fourth-order valence-corrected chi connectivity index (χ4v) is 4.76. The summed E-state index contributed by atoms with van der Waals surface area (Å²) in [7, 11) is 0. The quantitative estimate of drug-likeness (QED) is 0.474. The molecular formula is C29H41ClN2. The Kier molecular flexibility index (Phi) is 9.40. The van der Waals surface area contributed by atoms with E-state index < -0.39 is 0 Å². The summed E-state index contributed by atoms with van der Waals surface area (Å²) >= 11 is 5.98. The Morgan fingerprint density at radius 2 is 1.91 bits per heavy atom. The molecule has 1 aliphatic carbocycles. The van der Waals surface area contributed by atoms with E-state index in [4.69, 9.17) is 17.3 Å². The van der Waals surface area contributed by atoms with Crippen LogP contribution in [0.2, 0.25) is 5.02 Å². The Morgan fingerprint density at radius 1 is 1.12 bits per heavy atom. The Labute approximate surface area is 200 Å². The molecular weight excluding hydrogens is 412 g/mol. The number of benzene rings is 2. The standard InChI is InChI=1S/C16H23N.C13H18ClN/c1-12(2)15-5-3-4-14-8-9-17(11-16(14)15)10-13-6-7-13;1-3-10(2)13-7-6-12(14)9-11(13)5-4-8-15/h3-5,12-13H,6-11H2,1-2H3;4-7,9-10H,3,8,15H2,1-2H3/b;5-4+. The van der Waals surface area contributed by atoms with Gasteiger partial charge in [0.2, 0.25) is 0 Å². The molecule has 1 saturated carbocycles. The molecule has 1 heterocycles. The number of fused-ring (bicyclic) bond motifs is 1. The molecule has 2 N–H and O–H groups in total. The van der Waals surface area contributed by atoms with Crippen molar-refractivity contribution >= 4 is 17.7 Å². The summed E-state index contributed by atoms with van der Waals surface area (Å²) in [6.45, 7) is 13.4. The summed E-state index contributed by atoms with van der Waals surface area (Å²) in [6.07, 6.45) is 9.32. The summed E-state index contributed by atoms with van der Waals surface area (Å²) in [6, 6.07) is 12.9. The predicted octanol–water partition coefficient (Wildman–Crippen LogP) is 7.40. The van der Waals surface area contributed by atoms with Crippen LogP contribution >= 0.6 is 11.6 Å². The molecule has 1 unspecified atom stereocenters. The van der Waals surface area contributed by atoms with Gasteiger partial charge >= 0.3 is 0 Å². The molecule has 174 valence electrons. The van der Waals surface area contributed by atoms with Crippen LogP contribution in [-0.2, 0) is 13.0 Å². The molecule has 0 aromatic heterocycles. The summed E-state index contributed by atoms with van der Waals surface area (Å²) in [4.78, 5) is 2.67. The van der Waals surface area contributed by atoms with E-state index in [9.17, 15) is 0 Å². The number of halogens is 1. The van der Waals surface area contributed by atoms with Crippen LogP contribution in [0.3, 0.4) is 0 Å². The van der Waals surface area contributed by atoms with Crippen LogP contribution in [-0.4, -0.2) is 24.5 Å². The molecule has 2 nitrogen and oxygen atoms in total. The van der Waals surface area contributed by atoms with E-state index in [0.29, 0.717) is 18.4 Å². The Bertz CT molecular complexity index is 898. The van der Waals surface area contributed by atoms with Gasteiger partial charge in [-0.1, -0.05) is 75.7 Å². The van der Waals surface area contributed by atoms with Gasteiger partial charge in [0.15, 0.2) is 0 Å². The fourth-order valence-electron chi connectivity index (χ4n) is 4.58. The normalized spacial score (nSPS) is 17.2. The maximum absolute atomic E-state index is 5.98. The van der Waals surface area contributed by atoms with Gasteiger partial charge in [0.05, 0.1) is 0 Å². The minimum absolute atomic E-state index is 0.555. The lowest BCUT2D eigenvalue weighted by molar-refractivity contribution is 0.242. The molecule has 3 heteroatoms. The highest BCUT2D eigenvalue weighted by Crippen LogP contribution is 2.33. The second-order valence-electron chi connectivity index (χ2n) is 9.79. The highest BCUT2D eigenvalue weighted by Gasteiger charge is 2.27. The molecule has 0 amide bonds. The lowest BCUT2D eigenvalue weighted by Crippen LogP contribution is -2.33. The molecule has 1 atom stereocenters. The van der Waals surface area contributed by atoms with Crippen molar-refractivity contribution in [2.45, 2.75) is 71.8 Å². The van der Waals surface area contributed by atoms with Crippen molar-refractivity contribution < 1.29 is 0 Å². The maximum atomic E-state index is 5.98. The highest BCUT2D eigenvalue weighted by molar-refractivity contribution is 6.30. The zero-order valence-electron chi connectivity index (χ0n) is 20.4. The molecule has 0 spiro atoms. The van der Waals surface area contributed by atoms with Crippen LogP contribution in [0.15, 0.2) is 42.5 Å². The summed E-state index contributed by atoms with van der Waals surface area (Å²) < 4.78 is 0. The van der Waals surface area contributed by atoms with Crippen molar-refractivity contribution in [1.82, 2.24) is 4.90 Å². The third kappa shape index (κ3) is 6.94. The van der Waals surface area contributed by atoms with Crippen molar-refractivity contribution in [3.63, 3.8) is 0 Å². The average molecular weight is 453 g/mol. The molecule has 32 heavy (non-hydrogen) atoms. The molecule has 2 aromatic carbocycles. The van der Waals surface area contributed by atoms with E-state index in [1.54, 1.807) is 16.7 Å². The zero-order valence-corrected chi connectivity index (χ0v) is 21.2. The number of hydrogen-bond acceptors (Lipinski definition) is 2. The molecule has 0 bridgehead atoms. The summed E-state index contributed by atoms with van der Waals surface area (Å²) in [5, 5.41) is 0.777. The lowest BCUT2D eigenvalue weighted by atomic mass is 9.89. The number of nitrogens with two attached hydrogens (primary N) is 1. The second-order valence-corrected chi connectivity index (χ2v) is 10.2. The predicted molar refractivity (Wildman–Crippen MR) is 140 cm³/mol. The first-order valence-corrected chi connectivity index (χ1v) is 12.8. The molecule has 2 aromatic rings. The van der Waals surface area contributed by atoms with Gasteiger partial charge in [0.25, 0.3) is 0 Å². The van der Waals surface area contributed by atoms with E-state index in [2.05, 4.69) is 56.9 Å². The van der Waals surface area contributed by atoms with Crippen molar-refractivity contribution in [3.8, 4) is 0 Å². The molecule has 1 aliphatic heterocycles. The lowest BCUT2D eigenvalue weighted by Gasteiger charge is -2.31. The largest absolute Gasteiger partial charge is 0.327 e. The smallest absolute Gasteiger partial charge is 0.0412 e. The van der Waals surface area contributed by atoms with Crippen LogP contribution in [0.25, 0.3) is 6.08 Å². The SMILES string of the molecule is CC(C)c1cccc2c1CN(CC1CC1)CC2.CCC(C)c1ccc(Cl)cc1/C=C/CN.